The van der Waals surface area contributed by atoms with Crippen molar-refractivity contribution in [3.63, 3.8) is 0 Å². The summed E-state index contributed by atoms with van der Waals surface area (Å²) in [5.74, 6) is 0. The van der Waals surface area contributed by atoms with E-state index in [4.69, 9.17) is 0 Å². The highest BCUT2D eigenvalue weighted by atomic mass is 19.3. The number of nitrogens with one attached hydrogen (secondary N) is 2. The molecule has 22 heavy (non-hydrogen) atoms. The number of rotatable bonds is 5. The molecule has 6 heteroatoms. The summed E-state index contributed by atoms with van der Waals surface area (Å²) in [6, 6.07) is 9.51. The predicted octanol–water partition coefficient (Wildman–Crippen LogP) is 2.78. The summed E-state index contributed by atoms with van der Waals surface area (Å²) in [6.45, 7) is 2.96. The van der Waals surface area contributed by atoms with Gasteiger partial charge in [0.1, 0.15) is 0 Å². The lowest BCUT2D eigenvalue weighted by Crippen LogP contribution is -2.48. The summed E-state index contributed by atoms with van der Waals surface area (Å²) in [6.07, 6.45) is -0.876. The van der Waals surface area contributed by atoms with Crippen LogP contribution in [0.4, 0.5) is 13.6 Å². The van der Waals surface area contributed by atoms with Gasteiger partial charge in [0, 0.05) is 19.1 Å². The number of urea groups is 1. The van der Waals surface area contributed by atoms with Gasteiger partial charge in [-0.25, -0.2) is 13.6 Å². The van der Waals surface area contributed by atoms with E-state index in [2.05, 4.69) is 10.6 Å². The quantitative estimate of drug-likeness (QED) is 0.878. The molecule has 0 radical (unpaired) electrons. The maximum absolute atomic E-state index is 12.3. The SMILES string of the molecule is CC(NC(=O)NC1CCN(CC(F)F)CC1)c1ccccc1. The minimum absolute atomic E-state index is 0.0527. The summed E-state index contributed by atoms with van der Waals surface area (Å²) in [4.78, 5) is 13.7. The highest BCUT2D eigenvalue weighted by Crippen LogP contribution is 2.13. The van der Waals surface area contributed by atoms with E-state index in [9.17, 15) is 13.6 Å². The molecule has 1 heterocycles. The van der Waals surface area contributed by atoms with Gasteiger partial charge >= 0.3 is 6.03 Å². The molecule has 1 fully saturated rings. The molecule has 1 saturated heterocycles. The van der Waals surface area contributed by atoms with Crippen molar-refractivity contribution < 1.29 is 13.6 Å². The second kappa shape index (κ2) is 8.08. The summed E-state index contributed by atoms with van der Waals surface area (Å²) in [7, 11) is 0. The van der Waals surface area contributed by atoms with Crippen molar-refractivity contribution in [2.45, 2.75) is 38.3 Å². The fourth-order valence-corrected chi connectivity index (χ4v) is 2.70. The van der Waals surface area contributed by atoms with E-state index in [0.717, 1.165) is 5.56 Å². The van der Waals surface area contributed by atoms with Gasteiger partial charge in [0.25, 0.3) is 6.43 Å². The first-order valence-electron chi connectivity index (χ1n) is 7.67. The molecule has 1 aliphatic rings. The number of hydrogen-bond donors (Lipinski definition) is 2. The Hall–Kier alpha value is -1.69. The number of nitrogens with zero attached hydrogens (tertiary/aromatic N) is 1. The van der Waals surface area contributed by atoms with Crippen LogP contribution in [0.2, 0.25) is 0 Å². The molecule has 0 spiro atoms. The van der Waals surface area contributed by atoms with E-state index in [1.807, 2.05) is 37.3 Å². The number of hydrogen-bond acceptors (Lipinski definition) is 2. The van der Waals surface area contributed by atoms with Gasteiger partial charge in [-0.3, -0.25) is 4.90 Å². The predicted molar refractivity (Wildman–Crippen MR) is 82.0 cm³/mol. The summed E-state index contributed by atoms with van der Waals surface area (Å²) in [5.41, 5.74) is 1.05. The third-order valence-electron chi connectivity index (χ3n) is 3.97. The summed E-state index contributed by atoms with van der Waals surface area (Å²) in [5, 5.41) is 5.83. The Balaban J connectivity index is 1.72. The molecule has 122 valence electrons. The maximum atomic E-state index is 12.3. The highest BCUT2D eigenvalue weighted by Gasteiger charge is 2.22. The first kappa shape index (κ1) is 16.7. The van der Waals surface area contributed by atoms with Crippen molar-refractivity contribution in [2.24, 2.45) is 0 Å². The first-order chi connectivity index (χ1) is 10.5. The Morgan fingerprint density at radius 3 is 2.50 bits per heavy atom. The number of benzene rings is 1. The molecule has 0 aromatic heterocycles. The van der Waals surface area contributed by atoms with E-state index in [1.54, 1.807) is 4.90 Å². The molecule has 1 aromatic rings. The van der Waals surface area contributed by atoms with Gasteiger partial charge in [-0.1, -0.05) is 30.3 Å². The van der Waals surface area contributed by atoms with Crippen molar-refractivity contribution >= 4 is 6.03 Å². The number of amides is 2. The lowest BCUT2D eigenvalue weighted by Gasteiger charge is -2.32. The Bertz CT molecular complexity index is 462. The topological polar surface area (TPSA) is 44.4 Å². The number of piperidine rings is 1. The normalized spacial score (nSPS) is 18.2. The van der Waals surface area contributed by atoms with E-state index in [-0.39, 0.29) is 24.7 Å². The van der Waals surface area contributed by atoms with E-state index in [0.29, 0.717) is 25.9 Å². The van der Waals surface area contributed by atoms with Gasteiger partial charge in [0.05, 0.1) is 12.6 Å². The molecule has 2 amide bonds. The Morgan fingerprint density at radius 1 is 1.27 bits per heavy atom. The van der Waals surface area contributed by atoms with Gasteiger partial charge in [0.15, 0.2) is 0 Å². The van der Waals surface area contributed by atoms with Gasteiger partial charge in [-0.15, -0.1) is 0 Å². The van der Waals surface area contributed by atoms with E-state index in [1.165, 1.54) is 0 Å². The van der Waals surface area contributed by atoms with Gasteiger partial charge in [-0.05, 0) is 25.3 Å². The number of alkyl halides is 2. The van der Waals surface area contributed by atoms with Crippen LogP contribution in [0, 0.1) is 0 Å². The Labute approximate surface area is 129 Å². The molecule has 2 rings (SSSR count). The zero-order valence-corrected chi connectivity index (χ0v) is 12.8. The van der Waals surface area contributed by atoms with Gasteiger partial charge in [0.2, 0.25) is 0 Å². The van der Waals surface area contributed by atoms with Crippen molar-refractivity contribution in [2.75, 3.05) is 19.6 Å². The molecule has 1 atom stereocenters. The third kappa shape index (κ3) is 5.26. The minimum atomic E-state index is -2.29. The van der Waals surface area contributed by atoms with Crippen LogP contribution >= 0.6 is 0 Å². The van der Waals surface area contributed by atoms with Crippen molar-refractivity contribution in [1.29, 1.82) is 0 Å². The monoisotopic (exact) mass is 311 g/mol. The number of carbonyl (C=O) groups excluding carboxylic acids is 1. The zero-order valence-electron chi connectivity index (χ0n) is 12.8. The van der Waals surface area contributed by atoms with Crippen LogP contribution in [0.3, 0.4) is 0 Å². The Morgan fingerprint density at radius 2 is 1.91 bits per heavy atom. The van der Waals surface area contributed by atoms with Crippen LogP contribution in [-0.4, -0.2) is 43.0 Å². The second-order valence-electron chi connectivity index (χ2n) is 5.72. The van der Waals surface area contributed by atoms with Crippen molar-refractivity contribution in [3.05, 3.63) is 35.9 Å². The number of carbonyl (C=O) groups is 1. The maximum Gasteiger partial charge on any atom is 0.315 e. The lowest BCUT2D eigenvalue weighted by atomic mass is 10.1. The van der Waals surface area contributed by atoms with Gasteiger partial charge in [-0.2, -0.15) is 0 Å². The number of halogens is 2. The van der Waals surface area contributed by atoms with Crippen molar-refractivity contribution in [3.8, 4) is 0 Å². The summed E-state index contributed by atoms with van der Waals surface area (Å²) < 4.78 is 24.6. The smallest absolute Gasteiger partial charge is 0.315 e. The molecule has 4 nitrogen and oxygen atoms in total. The minimum Gasteiger partial charge on any atom is -0.335 e. The van der Waals surface area contributed by atoms with Crippen LogP contribution in [0.5, 0.6) is 0 Å². The fraction of sp³-hybridized carbons (Fsp3) is 0.562. The van der Waals surface area contributed by atoms with Crippen LogP contribution in [-0.2, 0) is 0 Å². The van der Waals surface area contributed by atoms with Crippen LogP contribution < -0.4 is 10.6 Å². The fourth-order valence-electron chi connectivity index (χ4n) is 2.70. The molecule has 0 aliphatic carbocycles. The second-order valence-corrected chi connectivity index (χ2v) is 5.72. The zero-order chi connectivity index (χ0) is 15.9. The molecule has 1 unspecified atom stereocenters. The van der Waals surface area contributed by atoms with E-state index >= 15 is 0 Å². The summed E-state index contributed by atoms with van der Waals surface area (Å²) >= 11 is 0. The number of likely N-dealkylation sites (tertiary alicyclic amines) is 1. The average molecular weight is 311 g/mol. The highest BCUT2D eigenvalue weighted by molar-refractivity contribution is 5.74. The Kier molecular flexibility index (Phi) is 6.12. The van der Waals surface area contributed by atoms with E-state index < -0.39 is 6.43 Å². The van der Waals surface area contributed by atoms with Crippen LogP contribution in [0.15, 0.2) is 30.3 Å². The van der Waals surface area contributed by atoms with Gasteiger partial charge < -0.3 is 10.6 Å². The molecular weight excluding hydrogens is 288 g/mol. The first-order valence-corrected chi connectivity index (χ1v) is 7.67. The molecule has 1 aromatic carbocycles. The van der Waals surface area contributed by atoms with Crippen LogP contribution in [0.1, 0.15) is 31.4 Å². The van der Waals surface area contributed by atoms with Crippen LogP contribution in [0.25, 0.3) is 0 Å². The largest absolute Gasteiger partial charge is 0.335 e. The molecule has 2 N–H and O–H groups in total. The molecule has 0 bridgehead atoms. The average Bonchev–Trinajstić information content (AvgIpc) is 2.49. The van der Waals surface area contributed by atoms with Crippen molar-refractivity contribution in [1.82, 2.24) is 15.5 Å². The molecular formula is C16H23F2N3O. The lowest BCUT2D eigenvalue weighted by molar-refractivity contribution is 0.0736. The molecule has 1 aliphatic heterocycles. The standard InChI is InChI=1S/C16H23F2N3O/c1-12(13-5-3-2-4-6-13)19-16(22)20-14-7-9-21(10-8-14)11-15(17)18/h2-6,12,14-15H,7-11H2,1H3,(H2,19,20,22). The molecule has 0 saturated carbocycles. The third-order valence-corrected chi connectivity index (χ3v) is 3.97.